The van der Waals surface area contributed by atoms with Crippen LogP contribution >= 0.6 is 0 Å². The van der Waals surface area contributed by atoms with Gasteiger partial charge in [-0.25, -0.2) is 4.79 Å². The number of esters is 2. The van der Waals surface area contributed by atoms with Crippen molar-refractivity contribution in [3.8, 4) is 0 Å². The van der Waals surface area contributed by atoms with E-state index in [2.05, 4.69) is 12.1 Å². The average molecular weight is 462 g/mol. The largest absolute Gasteiger partial charge is 0.462 e. The van der Waals surface area contributed by atoms with Gasteiger partial charge >= 0.3 is 11.9 Å². The number of fused-ring (bicyclic) bond motifs is 5. The fraction of sp³-hybridized carbons (Fsp3) is 0.800. The molecule has 8 atom stereocenters. The van der Waals surface area contributed by atoms with Crippen LogP contribution in [0.15, 0.2) is 16.8 Å². The number of hydrogen-bond acceptors (Lipinski definition) is 8. The van der Waals surface area contributed by atoms with E-state index < -0.39 is 16.6 Å². The number of carbonyl (C=O) groups excluding carboxylic acids is 2. The van der Waals surface area contributed by atoms with E-state index in [-0.39, 0.29) is 41.2 Å². The molecule has 8 heteroatoms. The van der Waals surface area contributed by atoms with Crippen LogP contribution in [0, 0.1) is 28.6 Å². The molecule has 182 valence electrons. The molecule has 0 bridgehead atoms. The fourth-order valence-corrected chi connectivity index (χ4v) is 8.78. The first-order valence-electron chi connectivity index (χ1n) is 12.3. The molecule has 3 N–H and O–H groups in total. The van der Waals surface area contributed by atoms with Gasteiger partial charge in [0, 0.05) is 30.3 Å². The van der Waals surface area contributed by atoms with Gasteiger partial charge in [0.25, 0.3) is 0 Å². The van der Waals surface area contributed by atoms with Crippen molar-refractivity contribution in [2.24, 2.45) is 33.7 Å². The molecular formula is C25H35NO7. The minimum Gasteiger partial charge on any atom is -0.462 e. The van der Waals surface area contributed by atoms with Gasteiger partial charge in [0.05, 0.1) is 17.4 Å². The SMILES string of the molecule is CC(=O)OC1CCC2(C=NO)C3CCC4(C)C(C5=CC(=O)OC5)CCC4(O)C3CCC2(O)C1. The minimum absolute atomic E-state index is 0.0438. The van der Waals surface area contributed by atoms with Gasteiger partial charge in [0.15, 0.2) is 0 Å². The highest BCUT2D eigenvalue weighted by Gasteiger charge is 2.71. The maximum atomic E-state index is 12.3. The van der Waals surface area contributed by atoms with E-state index in [4.69, 9.17) is 9.47 Å². The van der Waals surface area contributed by atoms with Crippen molar-refractivity contribution in [3.05, 3.63) is 11.6 Å². The Kier molecular flexibility index (Phi) is 5.22. The highest BCUT2D eigenvalue weighted by Crippen LogP contribution is 2.70. The predicted molar refractivity (Wildman–Crippen MR) is 117 cm³/mol. The Bertz CT molecular complexity index is 916. The van der Waals surface area contributed by atoms with Crippen LogP contribution in [0.3, 0.4) is 0 Å². The van der Waals surface area contributed by atoms with Crippen LogP contribution in [-0.4, -0.2) is 57.5 Å². The van der Waals surface area contributed by atoms with Gasteiger partial charge in [0.2, 0.25) is 0 Å². The Morgan fingerprint density at radius 3 is 2.58 bits per heavy atom. The maximum absolute atomic E-state index is 12.3. The summed E-state index contributed by atoms with van der Waals surface area (Å²) in [5.41, 5.74) is -2.26. The molecule has 8 unspecified atom stereocenters. The molecule has 4 aliphatic carbocycles. The smallest absolute Gasteiger partial charge is 0.331 e. The van der Waals surface area contributed by atoms with Crippen LogP contribution in [0.25, 0.3) is 0 Å². The number of rotatable bonds is 3. The summed E-state index contributed by atoms with van der Waals surface area (Å²) >= 11 is 0. The van der Waals surface area contributed by atoms with Crippen LogP contribution in [0.4, 0.5) is 0 Å². The molecule has 4 saturated carbocycles. The monoisotopic (exact) mass is 461 g/mol. The van der Waals surface area contributed by atoms with Crippen LogP contribution in [0.2, 0.25) is 0 Å². The van der Waals surface area contributed by atoms with Gasteiger partial charge in [0.1, 0.15) is 12.7 Å². The van der Waals surface area contributed by atoms with E-state index in [1.165, 1.54) is 13.1 Å². The zero-order valence-electron chi connectivity index (χ0n) is 19.5. The summed E-state index contributed by atoms with van der Waals surface area (Å²) in [6, 6.07) is 0. The van der Waals surface area contributed by atoms with Crippen LogP contribution in [-0.2, 0) is 19.1 Å². The molecule has 5 aliphatic rings. The molecule has 0 radical (unpaired) electrons. The number of ether oxygens (including phenoxy) is 2. The molecule has 8 nitrogen and oxygen atoms in total. The predicted octanol–water partition coefficient (Wildman–Crippen LogP) is 2.73. The van der Waals surface area contributed by atoms with Crippen LogP contribution in [0.1, 0.15) is 71.6 Å². The zero-order valence-corrected chi connectivity index (χ0v) is 19.5. The van der Waals surface area contributed by atoms with E-state index in [1.807, 2.05) is 0 Å². The first-order valence-corrected chi connectivity index (χ1v) is 12.3. The van der Waals surface area contributed by atoms with Gasteiger partial charge in [-0.2, -0.15) is 0 Å². The lowest BCUT2D eigenvalue weighted by atomic mass is 9.41. The third-order valence-electron chi connectivity index (χ3n) is 10.2. The molecule has 0 aromatic heterocycles. The van der Waals surface area contributed by atoms with Crippen molar-refractivity contribution < 1.29 is 34.5 Å². The third-order valence-corrected chi connectivity index (χ3v) is 10.2. The van der Waals surface area contributed by atoms with E-state index >= 15 is 0 Å². The molecule has 1 aliphatic heterocycles. The van der Waals surface area contributed by atoms with Crippen molar-refractivity contribution in [3.63, 3.8) is 0 Å². The first-order chi connectivity index (χ1) is 15.6. The lowest BCUT2D eigenvalue weighted by molar-refractivity contribution is -0.239. The number of nitrogens with zero attached hydrogens (tertiary/aromatic N) is 1. The van der Waals surface area contributed by atoms with Crippen molar-refractivity contribution in [2.75, 3.05) is 6.61 Å². The highest BCUT2D eigenvalue weighted by molar-refractivity contribution is 5.85. The average Bonchev–Trinajstić information content (AvgIpc) is 3.28. The molecule has 0 amide bonds. The maximum Gasteiger partial charge on any atom is 0.331 e. The molecule has 1 heterocycles. The summed E-state index contributed by atoms with van der Waals surface area (Å²) in [4.78, 5) is 23.3. The van der Waals surface area contributed by atoms with Crippen LogP contribution in [0.5, 0.6) is 0 Å². The Morgan fingerprint density at radius 1 is 1.15 bits per heavy atom. The Morgan fingerprint density at radius 2 is 1.91 bits per heavy atom. The molecule has 33 heavy (non-hydrogen) atoms. The Balaban J connectivity index is 1.48. The number of hydrogen-bond donors (Lipinski definition) is 3. The van der Waals surface area contributed by atoms with Crippen molar-refractivity contribution in [1.82, 2.24) is 0 Å². The van der Waals surface area contributed by atoms with Gasteiger partial charge in [-0.3, -0.25) is 4.79 Å². The first kappa shape index (κ1) is 22.8. The third kappa shape index (κ3) is 3.05. The summed E-state index contributed by atoms with van der Waals surface area (Å²) in [7, 11) is 0. The zero-order chi connectivity index (χ0) is 23.6. The van der Waals surface area contributed by atoms with E-state index in [0.717, 1.165) is 24.8 Å². The molecule has 4 fully saturated rings. The van der Waals surface area contributed by atoms with Gasteiger partial charge in [-0.05, 0) is 74.7 Å². The summed E-state index contributed by atoms with van der Waals surface area (Å²) < 4.78 is 10.6. The second kappa shape index (κ2) is 7.54. The summed E-state index contributed by atoms with van der Waals surface area (Å²) in [6.07, 6.45) is 8.28. The van der Waals surface area contributed by atoms with E-state index in [0.29, 0.717) is 45.1 Å². The van der Waals surface area contributed by atoms with E-state index in [9.17, 15) is 25.0 Å². The van der Waals surface area contributed by atoms with Gasteiger partial charge in [-0.1, -0.05) is 6.92 Å². The van der Waals surface area contributed by atoms with Gasteiger partial charge in [-0.15, -0.1) is 5.16 Å². The van der Waals surface area contributed by atoms with Crippen molar-refractivity contribution in [1.29, 1.82) is 0 Å². The Labute approximate surface area is 194 Å². The summed E-state index contributed by atoms with van der Waals surface area (Å²) in [5.74, 6) is -0.661. The second-order valence-corrected chi connectivity index (χ2v) is 11.3. The molecule has 0 aromatic rings. The number of cyclic esters (lactones) is 1. The topological polar surface area (TPSA) is 126 Å². The molecular weight excluding hydrogens is 426 g/mol. The van der Waals surface area contributed by atoms with Crippen molar-refractivity contribution in [2.45, 2.75) is 88.9 Å². The summed E-state index contributed by atoms with van der Waals surface area (Å²) in [5, 5.41) is 37.2. The normalized spacial score (nSPS) is 49.1. The fourth-order valence-electron chi connectivity index (χ4n) is 8.78. The second-order valence-electron chi connectivity index (χ2n) is 11.3. The standard InChI is InChI=1S/C25H35NO7/c1-15(27)33-17-3-8-23(14-26-31)19-4-7-22(2)18(16-11-21(28)32-13-16)6-10-25(22,30)20(19)5-9-24(23,29)12-17/h11,14,17-20,29-31H,3-10,12-13H2,1-2H3. The number of oxime groups is 1. The van der Waals surface area contributed by atoms with Gasteiger partial charge < -0.3 is 24.9 Å². The van der Waals surface area contributed by atoms with Crippen molar-refractivity contribution >= 4 is 18.2 Å². The lowest BCUT2D eigenvalue weighted by Crippen LogP contribution is -2.69. The number of carbonyl (C=O) groups is 2. The summed E-state index contributed by atoms with van der Waals surface area (Å²) in [6.45, 7) is 3.84. The molecule has 0 aromatic carbocycles. The quantitative estimate of drug-likeness (QED) is 0.255. The Hall–Kier alpha value is -1.93. The highest BCUT2D eigenvalue weighted by atomic mass is 16.5. The molecule has 0 saturated heterocycles. The minimum atomic E-state index is -1.16. The molecule has 0 spiro atoms. The molecule has 5 rings (SSSR count). The lowest BCUT2D eigenvalue weighted by Gasteiger charge is -2.65. The van der Waals surface area contributed by atoms with Crippen LogP contribution < -0.4 is 0 Å². The van der Waals surface area contributed by atoms with E-state index in [1.54, 1.807) is 6.08 Å². The number of aliphatic hydroxyl groups is 2.